The molecule has 1 aliphatic heterocycles. The van der Waals surface area contributed by atoms with Crippen molar-refractivity contribution in [3.63, 3.8) is 0 Å². The van der Waals surface area contributed by atoms with Crippen LogP contribution in [-0.4, -0.2) is 40.6 Å². The molecule has 0 saturated carbocycles. The number of carbonyl (C=O) groups is 1. The molecule has 35 heavy (non-hydrogen) atoms. The first-order chi connectivity index (χ1) is 16.7. The van der Waals surface area contributed by atoms with Crippen LogP contribution in [0.25, 0.3) is 5.76 Å². The second kappa shape index (κ2) is 9.48. The first-order valence-electron chi connectivity index (χ1n) is 11.2. The first-order valence-corrected chi connectivity index (χ1v) is 12.7. The molecular formula is C27H26N2O5S. The van der Waals surface area contributed by atoms with E-state index in [1.807, 2.05) is 6.92 Å². The minimum atomic E-state index is -4.56. The Bertz CT molecular complexity index is 1390. The maximum absolute atomic E-state index is 13.9. The Morgan fingerprint density at radius 1 is 0.943 bits per heavy atom. The molecule has 8 heteroatoms. The molecule has 1 heterocycles. The summed E-state index contributed by atoms with van der Waals surface area (Å²) in [7, 11) is -4.56. The van der Waals surface area contributed by atoms with E-state index >= 15 is 0 Å². The van der Waals surface area contributed by atoms with Crippen molar-refractivity contribution in [3.05, 3.63) is 108 Å². The SMILES string of the molecule is CCC(C)N=C1/C(=C(\O)c2ccccc2)C(=O)N(S(=O)(=O)c2ccccc2)C1(O)c1ccccc1. The maximum atomic E-state index is 13.9. The van der Waals surface area contributed by atoms with Crippen LogP contribution in [0.15, 0.2) is 106 Å². The number of hydrogen-bond acceptors (Lipinski definition) is 6. The number of aliphatic imine (C=N–C) groups is 1. The third-order valence-electron chi connectivity index (χ3n) is 5.94. The van der Waals surface area contributed by atoms with Gasteiger partial charge < -0.3 is 10.2 Å². The number of benzene rings is 3. The molecule has 2 atom stereocenters. The highest BCUT2D eigenvalue weighted by molar-refractivity contribution is 7.89. The van der Waals surface area contributed by atoms with E-state index in [1.54, 1.807) is 61.5 Å². The van der Waals surface area contributed by atoms with Gasteiger partial charge in [-0.3, -0.25) is 9.79 Å². The lowest BCUT2D eigenvalue weighted by atomic mass is 9.94. The van der Waals surface area contributed by atoms with Crippen molar-refractivity contribution in [2.45, 2.75) is 36.9 Å². The molecule has 180 valence electrons. The predicted molar refractivity (Wildman–Crippen MR) is 134 cm³/mol. The Morgan fingerprint density at radius 3 is 2.00 bits per heavy atom. The van der Waals surface area contributed by atoms with Gasteiger partial charge in [0.1, 0.15) is 17.0 Å². The van der Waals surface area contributed by atoms with Crippen molar-refractivity contribution < 1.29 is 23.4 Å². The van der Waals surface area contributed by atoms with Crippen molar-refractivity contribution >= 4 is 27.4 Å². The average Bonchev–Trinajstić information content (AvgIpc) is 3.12. The van der Waals surface area contributed by atoms with E-state index in [-0.39, 0.29) is 27.8 Å². The third-order valence-corrected chi connectivity index (χ3v) is 7.72. The van der Waals surface area contributed by atoms with Gasteiger partial charge in [0.2, 0.25) is 5.72 Å². The molecule has 3 aromatic carbocycles. The van der Waals surface area contributed by atoms with Gasteiger partial charge in [-0.05, 0) is 25.5 Å². The first kappa shape index (κ1) is 24.4. The summed E-state index contributed by atoms with van der Waals surface area (Å²) in [5.41, 5.74) is -2.63. The van der Waals surface area contributed by atoms with Crippen molar-refractivity contribution in [2.75, 3.05) is 0 Å². The highest BCUT2D eigenvalue weighted by atomic mass is 32.2. The maximum Gasteiger partial charge on any atom is 0.276 e. The summed E-state index contributed by atoms with van der Waals surface area (Å²) >= 11 is 0. The smallest absolute Gasteiger partial charge is 0.276 e. The molecular weight excluding hydrogens is 464 g/mol. The minimum Gasteiger partial charge on any atom is -0.506 e. The zero-order chi connectivity index (χ0) is 25.2. The molecule has 0 bridgehead atoms. The summed E-state index contributed by atoms with van der Waals surface area (Å²) in [4.78, 5) is 18.3. The Hall–Kier alpha value is -3.75. The number of amides is 1. The highest BCUT2D eigenvalue weighted by Crippen LogP contribution is 2.44. The van der Waals surface area contributed by atoms with Gasteiger partial charge in [-0.1, -0.05) is 85.8 Å². The number of aliphatic hydroxyl groups excluding tert-OH is 1. The van der Waals surface area contributed by atoms with Crippen LogP contribution >= 0.6 is 0 Å². The molecule has 3 aromatic rings. The van der Waals surface area contributed by atoms with E-state index in [2.05, 4.69) is 4.99 Å². The lowest BCUT2D eigenvalue weighted by Gasteiger charge is -2.33. The van der Waals surface area contributed by atoms with Crippen LogP contribution < -0.4 is 0 Å². The van der Waals surface area contributed by atoms with Gasteiger partial charge in [-0.2, -0.15) is 4.31 Å². The summed E-state index contributed by atoms with van der Waals surface area (Å²) in [6.45, 7) is 3.67. The Balaban J connectivity index is 2.10. The topological polar surface area (TPSA) is 107 Å². The number of aliphatic hydroxyl groups is 2. The van der Waals surface area contributed by atoms with Gasteiger partial charge in [0, 0.05) is 17.2 Å². The third kappa shape index (κ3) is 4.15. The molecule has 0 aliphatic carbocycles. The second-order valence-corrected chi connectivity index (χ2v) is 10.0. The fourth-order valence-electron chi connectivity index (χ4n) is 3.95. The van der Waals surface area contributed by atoms with Crippen molar-refractivity contribution in [1.29, 1.82) is 0 Å². The highest BCUT2D eigenvalue weighted by Gasteiger charge is 2.60. The molecule has 1 amide bonds. The molecule has 1 fully saturated rings. The normalized spacial score (nSPS) is 21.9. The van der Waals surface area contributed by atoms with E-state index in [0.29, 0.717) is 16.3 Å². The predicted octanol–water partition coefficient (Wildman–Crippen LogP) is 4.27. The van der Waals surface area contributed by atoms with Gasteiger partial charge in [-0.25, -0.2) is 8.42 Å². The Kier molecular flexibility index (Phi) is 6.60. The number of sulfonamides is 1. The van der Waals surface area contributed by atoms with E-state index in [4.69, 9.17) is 0 Å². The van der Waals surface area contributed by atoms with Crippen LogP contribution in [0.1, 0.15) is 31.4 Å². The van der Waals surface area contributed by atoms with Gasteiger partial charge in [-0.15, -0.1) is 0 Å². The van der Waals surface area contributed by atoms with Crippen LogP contribution in [0.4, 0.5) is 0 Å². The zero-order valence-electron chi connectivity index (χ0n) is 19.4. The van der Waals surface area contributed by atoms with Crippen LogP contribution in [0.5, 0.6) is 0 Å². The fourth-order valence-corrected chi connectivity index (χ4v) is 5.51. The largest absolute Gasteiger partial charge is 0.506 e. The van der Waals surface area contributed by atoms with Gasteiger partial charge >= 0.3 is 0 Å². The molecule has 0 spiro atoms. The molecule has 2 N–H and O–H groups in total. The van der Waals surface area contributed by atoms with E-state index in [0.717, 1.165) is 0 Å². The molecule has 0 aromatic heterocycles. The van der Waals surface area contributed by atoms with Gasteiger partial charge in [0.25, 0.3) is 15.9 Å². The zero-order valence-corrected chi connectivity index (χ0v) is 20.2. The van der Waals surface area contributed by atoms with Crippen molar-refractivity contribution in [3.8, 4) is 0 Å². The summed E-state index contributed by atoms with van der Waals surface area (Å²) in [6.07, 6.45) is 0.563. The fraction of sp³-hybridized carbons (Fsp3) is 0.185. The summed E-state index contributed by atoms with van der Waals surface area (Å²) in [6, 6.07) is 23.3. The Labute approximate surface area is 204 Å². The average molecular weight is 491 g/mol. The van der Waals surface area contributed by atoms with Crippen LogP contribution in [0.2, 0.25) is 0 Å². The molecule has 4 rings (SSSR count). The Morgan fingerprint density at radius 2 is 1.46 bits per heavy atom. The molecule has 7 nitrogen and oxygen atoms in total. The molecule has 1 saturated heterocycles. The van der Waals surface area contributed by atoms with Crippen molar-refractivity contribution in [2.24, 2.45) is 4.99 Å². The number of hydrogen-bond donors (Lipinski definition) is 2. The number of carbonyl (C=O) groups excluding carboxylic acids is 1. The molecule has 1 aliphatic rings. The lowest BCUT2D eigenvalue weighted by Crippen LogP contribution is -2.50. The van der Waals surface area contributed by atoms with Crippen LogP contribution in [-0.2, 0) is 20.5 Å². The standard InChI is InChI=1S/C27H26N2O5S/c1-3-19(2)28-25-23(24(30)20-13-7-4-8-14-20)26(31)29(27(25,32)21-15-9-5-10-16-21)35(33,34)22-17-11-6-12-18-22/h4-19,30,32H,3H2,1-2H3/b24-23+,28-25?. The van der Waals surface area contributed by atoms with E-state index in [9.17, 15) is 23.4 Å². The molecule has 2 unspecified atom stereocenters. The minimum absolute atomic E-state index is 0.130. The van der Waals surface area contributed by atoms with E-state index < -0.39 is 27.4 Å². The summed E-state index contributed by atoms with van der Waals surface area (Å²) in [5, 5.41) is 23.4. The van der Waals surface area contributed by atoms with Crippen LogP contribution in [0.3, 0.4) is 0 Å². The second-order valence-electron chi connectivity index (χ2n) is 8.25. The lowest BCUT2D eigenvalue weighted by molar-refractivity contribution is -0.129. The molecule has 0 radical (unpaired) electrons. The summed E-state index contributed by atoms with van der Waals surface area (Å²) < 4.78 is 28.1. The van der Waals surface area contributed by atoms with Crippen molar-refractivity contribution in [1.82, 2.24) is 4.31 Å². The van der Waals surface area contributed by atoms with Gasteiger partial charge in [0.05, 0.1) is 4.90 Å². The van der Waals surface area contributed by atoms with Crippen LogP contribution in [0, 0.1) is 0 Å². The monoisotopic (exact) mass is 490 g/mol. The quantitative estimate of drug-likeness (QED) is 0.396. The summed E-state index contributed by atoms with van der Waals surface area (Å²) in [5.74, 6) is -1.53. The van der Waals surface area contributed by atoms with Gasteiger partial charge in [0.15, 0.2) is 0 Å². The number of nitrogens with zero attached hydrogens (tertiary/aromatic N) is 2. The van der Waals surface area contributed by atoms with E-state index in [1.165, 1.54) is 36.4 Å². The number of rotatable bonds is 6.